The Bertz CT molecular complexity index is 1470. The van der Waals surface area contributed by atoms with Gasteiger partial charge in [0.15, 0.2) is 0 Å². The van der Waals surface area contributed by atoms with Gasteiger partial charge in [0.2, 0.25) is 0 Å². The fourth-order valence-corrected chi connectivity index (χ4v) is 3.77. The number of H-pyrrole nitrogens is 1. The molecule has 4 rings (SSSR count). The molecule has 0 bridgehead atoms. The van der Waals surface area contributed by atoms with Gasteiger partial charge >= 0.3 is 11.9 Å². The van der Waals surface area contributed by atoms with Crippen LogP contribution in [0.2, 0.25) is 0 Å². The highest BCUT2D eigenvalue weighted by Gasteiger charge is 2.68. The van der Waals surface area contributed by atoms with Crippen LogP contribution in [0.5, 0.6) is 0 Å². The number of alkyl halides is 3. The molecule has 0 fully saturated rings. The first-order valence-electron chi connectivity index (χ1n) is 9.81. The Balaban J connectivity index is 2.00. The van der Waals surface area contributed by atoms with Crippen molar-refractivity contribution in [2.24, 2.45) is 0 Å². The number of aromatic amines is 1. The zero-order valence-corrected chi connectivity index (χ0v) is 17.6. The maximum absolute atomic E-state index is 14.4. The number of benzene rings is 2. The van der Waals surface area contributed by atoms with Crippen molar-refractivity contribution in [2.45, 2.75) is 25.6 Å². The minimum atomic E-state index is -5.54. The van der Waals surface area contributed by atoms with Gasteiger partial charge in [-0.3, -0.25) is 19.4 Å². The third-order valence-electron chi connectivity index (χ3n) is 5.65. The molecule has 3 aromatic rings. The van der Waals surface area contributed by atoms with Gasteiger partial charge in [-0.2, -0.15) is 13.2 Å². The maximum atomic E-state index is 14.4. The van der Waals surface area contributed by atoms with E-state index in [1.54, 1.807) is 24.9 Å². The topological polar surface area (TPSA) is 113 Å². The average Bonchev–Trinajstić information content (AvgIpc) is 3.04. The summed E-state index contributed by atoms with van der Waals surface area (Å²) >= 11 is 0. The van der Waals surface area contributed by atoms with Crippen LogP contribution in [-0.2, 0) is 10.3 Å². The van der Waals surface area contributed by atoms with Crippen molar-refractivity contribution in [3.8, 4) is 5.69 Å². The molecule has 0 unspecified atom stereocenters. The first-order chi connectivity index (χ1) is 15.9. The molecule has 0 radical (unpaired) electrons. The van der Waals surface area contributed by atoms with Gasteiger partial charge in [-0.15, -0.1) is 0 Å². The second-order valence-electron chi connectivity index (χ2n) is 7.72. The van der Waals surface area contributed by atoms with Crippen LogP contribution in [0.25, 0.3) is 5.69 Å². The van der Waals surface area contributed by atoms with Gasteiger partial charge in [0, 0.05) is 0 Å². The highest BCUT2D eigenvalue weighted by molar-refractivity contribution is 6.09. The van der Waals surface area contributed by atoms with Crippen LogP contribution in [0.1, 0.15) is 27.0 Å². The molecule has 12 heteroatoms. The Morgan fingerprint density at radius 1 is 1.03 bits per heavy atom. The molecule has 1 aliphatic rings. The quantitative estimate of drug-likeness (QED) is 0.504. The summed E-state index contributed by atoms with van der Waals surface area (Å²) in [4.78, 5) is 52.5. The molecule has 8 nitrogen and oxygen atoms in total. The van der Waals surface area contributed by atoms with Crippen molar-refractivity contribution in [1.82, 2.24) is 14.9 Å². The van der Waals surface area contributed by atoms with Crippen molar-refractivity contribution in [2.75, 3.05) is 5.32 Å². The molecule has 0 saturated carbocycles. The van der Waals surface area contributed by atoms with Crippen molar-refractivity contribution in [1.29, 1.82) is 0 Å². The molecule has 0 saturated heterocycles. The minimum Gasteiger partial charge on any atom is -0.326 e. The van der Waals surface area contributed by atoms with E-state index in [9.17, 15) is 36.7 Å². The van der Waals surface area contributed by atoms with Crippen LogP contribution in [-0.4, -0.2) is 27.5 Å². The predicted molar refractivity (Wildman–Crippen MR) is 112 cm³/mol. The molecule has 3 N–H and O–H groups in total. The lowest BCUT2D eigenvalue weighted by molar-refractivity contribution is -0.196. The fraction of sp³-hybridized carbons (Fsp3) is 0.182. The van der Waals surface area contributed by atoms with Crippen molar-refractivity contribution >= 4 is 17.6 Å². The lowest BCUT2D eigenvalue weighted by Gasteiger charge is -2.30. The smallest absolute Gasteiger partial charge is 0.326 e. The van der Waals surface area contributed by atoms with Gasteiger partial charge in [0.25, 0.3) is 22.9 Å². The van der Waals surface area contributed by atoms with Crippen molar-refractivity contribution in [3.05, 3.63) is 91.4 Å². The number of nitrogens with zero attached hydrogens (tertiary/aromatic N) is 1. The molecule has 0 spiro atoms. The van der Waals surface area contributed by atoms with Gasteiger partial charge < -0.3 is 10.6 Å². The van der Waals surface area contributed by atoms with Crippen LogP contribution >= 0.6 is 0 Å². The number of carbonyl (C=O) groups is 2. The second kappa shape index (κ2) is 7.68. The highest BCUT2D eigenvalue weighted by atomic mass is 19.4. The number of nitrogens with one attached hydrogen (secondary N) is 3. The Hall–Kier alpha value is -4.22. The zero-order valence-electron chi connectivity index (χ0n) is 17.6. The Morgan fingerprint density at radius 3 is 2.32 bits per heavy atom. The summed E-state index contributed by atoms with van der Waals surface area (Å²) in [6.07, 6.45) is -5.54. The number of amides is 2. The second-order valence-corrected chi connectivity index (χ2v) is 7.72. The van der Waals surface area contributed by atoms with E-state index in [1.165, 1.54) is 29.6 Å². The molecule has 2 heterocycles. The number of aromatic nitrogens is 2. The number of hydrogen-bond acceptors (Lipinski definition) is 4. The molecule has 1 aliphatic heterocycles. The Kier molecular flexibility index (Phi) is 5.18. The number of fused-ring (bicyclic) bond motifs is 1. The number of rotatable bonds is 3. The number of anilines is 1. The van der Waals surface area contributed by atoms with Gasteiger partial charge in [0.05, 0.1) is 11.3 Å². The van der Waals surface area contributed by atoms with E-state index < -0.39 is 57.5 Å². The normalized spacial score (nSPS) is 17.3. The van der Waals surface area contributed by atoms with Crippen LogP contribution in [0.3, 0.4) is 0 Å². The molecule has 2 amide bonds. The molecule has 2 aromatic carbocycles. The van der Waals surface area contributed by atoms with Crippen LogP contribution in [0, 0.1) is 19.7 Å². The monoisotopic (exact) mass is 476 g/mol. The largest absolute Gasteiger partial charge is 0.425 e. The zero-order chi connectivity index (χ0) is 25.0. The maximum Gasteiger partial charge on any atom is 0.425 e. The van der Waals surface area contributed by atoms with E-state index >= 15 is 0 Å². The number of halogens is 4. The van der Waals surface area contributed by atoms with E-state index in [1.807, 2.05) is 5.32 Å². The van der Waals surface area contributed by atoms with Crippen LogP contribution in [0.4, 0.5) is 23.4 Å². The lowest BCUT2D eigenvalue weighted by atomic mass is 9.91. The molecular weight excluding hydrogens is 460 g/mol. The summed E-state index contributed by atoms with van der Waals surface area (Å²) < 4.78 is 58.1. The third-order valence-corrected chi connectivity index (χ3v) is 5.65. The summed E-state index contributed by atoms with van der Waals surface area (Å²) in [5.41, 5.74) is -6.97. The summed E-state index contributed by atoms with van der Waals surface area (Å²) in [5, 5.41) is 3.43. The van der Waals surface area contributed by atoms with Crippen LogP contribution < -0.4 is 21.9 Å². The highest BCUT2D eigenvalue weighted by Crippen LogP contribution is 2.45. The summed E-state index contributed by atoms with van der Waals surface area (Å²) in [6.45, 7) is 3.47. The number of hydrogen-bond donors (Lipinski definition) is 3. The standard InChI is InChI=1S/C22H16F4N4O4/c1-10-7-8-12(9-11(10)2)30-16-15(18(32)28-20(30)34)21(19(33)27-16,22(24,25)26)29-17(31)13-5-3-4-6-14(13)23/h3-9H,1-2H3,(H,27,33)(H,29,31)(H,28,32,34)/t21-/m0/s1. The van der Waals surface area contributed by atoms with Crippen molar-refractivity contribution in [3.63, 3.8) is 0 Å². The minimum absolute atomic E-state index is 0.0688. The van der Waals surface area contributed by atoms with E-state index in [-0.39, 0.29) is 5.69 Å². The average molecular weight is 476 g/mol. The SMILES string of the molecule is Cc1ccc(-n2c3c(c(=O)[nH]c2=O)[C@@](NC(=O)c2ccccc2F)(C(F)(F)F)C(=O)N3)cc1C. The van der Waals surface area contributed by atoms with Crippen molar-refractivity contribution < 1.29 is 27.2 Å². The first kappa shape index (κ1) is 23.0. The van der Waals surface area contributed by atoms with E-state index in [0.717, 1.165) is 17.7 Å². The Labute approximate surface area is 188 Å². The third kappa shape index (κ3) is 3.29. The summed E-state index contributed by atoms with van der Waals surface area (Å²) in [5.74, 6) is -5.30. The molecule has 1 atom stereocenters. The lowest BCUT2D eigenvalue weighted by Crippen LogP contribution is -2.62. The molecular formula is C22H16F4N4O4. The first-order valence-corrected chi connectivity index (χ1v) is 9.81. The van der Waals surface area contributed by atoms with Gasteiger partial charge in [0.1, 0.15) is 17.2 Å². The van der Waals surface area contributed by atoms with Gasteiger partial charge in [-0.25, -0.2) is 13.8 Å². The van der Waals surface area contributed by atoms with Gasteiger partial charge in [-0.1, -0.05) is 18.2 Å². The van der Waals surface area contributed by atoms with Gasteiger partial charge in [-0.05, 0) is 49.2 Å². The molecule has 0 aliphatic carbocycles. The predicted octanol–water partition coefficient (Wildman–Crippen LogP) is 2.42. The molecule has 176 valence electrons. The van der Waals surface area contributed by atoms with E-state index in [4.69, 9.17) is 0 Å². The van der Waals surface area contributed by atoms with E-state index in [2.05, 4.69) is 0 Å². The van der Waals surface area contributed by atoms with Crippen LogP contribution in [0.15, 0.2) is 52.1 Å². The molecule has 1 aromatic heterocycles. The fourth-order valence-electron chi connectivity index (χ4n) is 3.77. The number of aryl methyl sites for hydroxylation is 2. The summed E-state index contributed by atoms with van der Waals surface area (Å²) in [7, 11) is 0. The summed E-state index contributed by atoms with van der Waals surface area (Å²) in [6, 6.07) is 8.70. The molecule has 34 heavy (non-hydrogen) atoms. The van der Waals surface area contributed by atoms with E-state index in [0.29, 0.717) is 10.1 Å². The number of carbonyl (C=O) groups excluding carboxylic acids is 2. The Morgan fingerprint density at radius 2 is 1.71 bits per heavy atom.